The zero-order valence-corrected chi connectivity index (χ0v) is 14.6. The van der Waals surface area contributed by atoms with Crippen molar-refractivity contribution in [3.8, 4) is 11.1 Å². The topological polar surface area (TPSA) is 42.3 Å². The molecule has 1 aromatic heterocycles. The fourth-order valence-corrected chi connectivity index (χ4v) is 4.25. The normalized spacial score (nSPS) is 21.8. The first-order valence-corrected chi connectivity index (χ1v) is 8.76. The van der Waals surface area contributed by atoms with E-state index in [0.29, 0.717) is 41.7 Å². The van der Waals surface area contributed by atoms with Gasteiger partial charge in [0.15, 0.2) is 0 Å². The van der Waals surface area contributed by atoms with Gasteiger partial charge in [-0.05, 0) is 42.2 Å². The second-order valence-electron chi connectivity index (χ2n) is 6.96. The lowest BCUT2D eigenvalue weighted by atomic mass is 9.82. The van der Waals surface area contributed by atoms with Gasteiger partial charge in [0.05, 0.1) is 0 Å². The van der Waals surface area contributed by atoms with Crippen LogP contribution in [-0.4, -0.2) is 28.5 Å². The predicted molar refractivity (Wildman–Crippen MR) is 94.2 cm³/mol. The van der Waals surface area contributed by atoms with Crippen molar-refractivity contribution in [2.45, 2.75) is 25.8 Å². The van der Waals surface area contributed by atoms with Gasteiger partial charge in [-0.25, -0.2) is 4.39 Å². The zero-order valence-electron chi connectivity index (χ0n) is 13.8. The molecule has 4 rings (SSSR count). The number of nitrogens with zero attached hydrogens (tertiary/aromatic N) is 2. The molecule has 1 amide bonds. The van der Waals surface area contributed by atoms with Gasteiger partial charge in [0, 0.05) is 54.8 Å². The fourth-order valence-electron chi connectivity index (χ4n) is 4.10. The second kappa shape index (κ2) is 5.99. The number of hydrogen-bond donors (Lipinski definition) is 0. The number of amides is 1. The summed E-state index contributed by atoms with van der Waals surface area (Å²) in [4.78, 5) is 26.2. The Balaban J connectivity index is 1.80. The minimum atomic E-state index is -0.445. The molecular weight excluding hydrogens is 343 g/mol. The SMILES string of the molecule is CC(=O)N1C[C@@H]2C[C@H](C1)c1cc(-c3ccc(Cl)cc3F)cc(=O)n1C2. The lowest BCUT2D eigenvalue weighted by Gasteiger charge is -2.42. The second-order valence-corrected chi connectivity index (χ2v) is 7.40. The monoisotopic (exact) mass is 360 g/mol. The summed E-state index contributed by atoms with van der Waals surface area (Å²) in [6.07, 6.45) is 0.954. The van der Waals surface area contributed by atoms with Crippen LogP contribution in [-0.2, 0) is 11.3 Å². The van der Waals surface area contributed by atoms with Crippen LogP contribution >= 0.6 is 11.6 Å². The Labute approximate surface area is 149 Å². The van der Waals surface area contributed by atoms with Gasteiger partial charge in [0.1, 0.15) is 5.82 Å². The van der Waals surface area contributed by atoms with Gasteiger partial charge >= 0.3 is 0 Å². The Kier molecular flexibility index (Phi) is 3.91. The number of aromatic nitrogens is 1. The number of fused-ring (bicyclic) bond motifs is 4. The molecule has 0 radical (unpaired) electrons. The summed E-state index contributed by atoms with van der Waals surface area (Å²) in [5.74, 6) is 0.0234. The van der Waals surface area contributed by atoms with Gasteiger partial charge in [-0.15, -0.1) is 0 Å². The van der Waals surface area contributed by atoms with E-state index >= 15 is 0 Å². The van der Waals surface area contributed by atoms with Crippen LogP contribution in [0.15, 0.2) is 35.1 Å². The molecule has 6 heteroatoms. The molecule has 0 aliphatic carbocycles. The van der Waals surface area contributed by atoms with Crippen molar-refractivity contribution in [3.05, 3.63) is 57.2 Å². The van der Waals surface area contributed by atoms with Crippen molar-refractivity contribution >= 4 is 17.5 Å². The molecule has 0 N–H and O–H groups in total. The van der Waals surface area contributed by atoms with Gasteiger partial charge in [-0.1, -0.05) is 11.6 Å². The van der Waals surface area contributed by atoms with Gasteiger partial charge in [-0.3, -0.25) is 9.59 Å². The van der Waals surface area contributed by atoms with Gasteiger partial charge < -0.3 is 9.47 Å². The number of pyridine rings is 1. The van der Waals surface area contributed by atoms with Crippen LogP contribution in [0.3, 0.4) is 0 Å². The summed E-state index contributed by atoms with van der Waals surface area (Å²) in [5, 5.41) is 0.322. The lowest BCUT2D eigenvalue weighted by molar-refractivity contribution is -0.131. The van der Waals surface area contributed by atoms with E-state index in [-0.39, 0.29) is 17.4 Å². The van der Waals surface area contributed by atoms with E-state index in [9.17, 15) is 14.0 Å². The molecule has 25 heavy (non-hydrogen) atoms. The fraction of sp³-hybridized carbons (Fsp3) is 0.368. The molecule has 1 saturated heterocycles. The Hall–Kier alpha value is -2.14. The van der Waals surface area contributed by atoms with Gasteiger partial charge in [0.2, 0.25) is 5.91 Å². The van der Waals surface area contributed by atoms with Crippen molar-refractivity contribution in [2.75, 3.05) is 13.1 Å². The highest BCUT2D eigenvalue weighted by molar-refractivity contribution is 6.30. The highest BCUT2D eigenvalue weighted by Gasteiger charge is 2.35. The van der Waals surface area contributed by atoms with E-state index in [2.05, 4.69) is 0 Å². The molecule has 2 bridgehead atoms. The Morgan fingerprint density at radius 1 is 1.20 bits per heavy atom. The van der Waals surface area contributed by atoms with Crippen LogP contribution in [0.2, 0.25) is 5.02 Å². The van der Waals surface area contributed by atoms with Crippen LogP contribution in [0, 0.1) is 11.7 Å². The first-order chi connectivity index (χ1) is 11.9. The number of piperidine rings is 1. The average molecular weight is 361 g/mol. The van der Waals surface area contributed by atoms with E-state index in [4.69, 9.17) is 11.6 Å². The first-order valence-electron chi connectivity index (χ1n) is 8.38. The maximum absolute atomic E-state index is 14.3. The Morgan fingerprint density at radius 2 is 2.00 bits per heavy atom. The number of hydrogen-bond acceptors (Lipinski definition) is 2. The van der Waals surface area contributed by atoms with E-state index in [0.717, 1.165) is 12.1 Å². The highest BCUT2D eigenvalue weighted by Crippen LogP contribution is 2.37. The van der Waals surface area contributed by atoms with E-state index in [1.54, 1.807) is 23.6 Å². The molecular formula is C19H18ClFN2O2. The van der Waals surface area contributed by atoms with Gasteiger partial charge in [-0.2, -0.15) is 0 Å². The number of benzene rings is 1. The van der Waals surface area contributed by atoms with E-state index in [1.807, 2.05) is 11.0 Å². The summed E-state index contributed by atoms with van der Waals surface area (Å²) in [6.45, 7) is 3.49. The lowest BCUT2D eigenvalue weighted by Crippen LogP contribution is -2.48. The zero-order chi connectivity index (χ0) is 17.7. The van der Waals surface area contributed by atoms with E-state index in [1.165, 1.54) is 12.1 Å². The quantitative estimate of drug-likeness (QED) is 0.783. The first kappa shape index (κ1) is 16.3. The summed E-state index contributed by atoms with van der Waals surface area (Å²) >= 11 is 5.82. The number of rotatable bonds is 1. The summed E-state index contributed by atoms with van der Waals surface area (Å²) < 4.78 is 16.1. The molecule has 4 nitrogen and oxygen atoms in total. The number of carbonyl (C=O) groups excluding carboxylic acids is 1. The number of likely N-dealkylation sites (tertiary alicyclic amines) is 1. The summed E-state index contributed by atoms with van der Waals surface area (Å²) in [5.41, 5.74) is 1.70. The highest BCUT2D eigenvalue weighted by atomic mass is 35.5. The molecule has 130 valence electrons. The smallest absolute Gasteiger partial charge is 0.251 e. The van der Waals surface area contributed by atoms with E-state index < -0.39 is 5.82 Å². The molecule has 2 atom stereocenters. The van der Waals surface area contributed by atoms with Crippen LogP contribution < -0.4 is 5.56 Å². The third-order valence-electron chi connectivity index (χ3n) is 5.24. The molecule has 2 aliphatic heterocycles. The van der Waals surface area contributed by atoms with Crippen molar-refractivity contribution in [1.82, 2.24) is 9.47 Å². The van der Waals surface area contributed by atoms with Crippen molar-refractivity contribution < 1.29 is 9.18 Å². The Morgan fingerprint density at radius 3 is 2.72 bits per heavy atom. The molecule has 2 aromatic rings. The third kappa shape index (κ3) is 2.86. The maximum Gasteiger partial charge on any atom is 0.251 e. The minimum absolute atomic E-state index is 0.0606. The third-order valence-corrected chi connectivity index (χ3v) is 5.48. The minimum Gasteiger partial charge on any atom is -0.342 e. The molecule has 1 fully saturated rings. The predicted octanol–water partition coefficient (Wildman–Crippen LogP) is 3.27. The largest absolute Gasteiger partial charge is 0.342 e. The van der Waals surface area contributed by atoms with Crippen molar-refractivity contribution in [1.29, 1.82) is 0 Å². The maximum atomic E-state index is 14.3. The van der Waals surface area contributed by atoms with Crippen molar-refractivity contribution in [2.24, 2.45) is 5.92 Å². The molecule has 3 heterocycles. The molecule has 1 aromatic carbocycles. The number of carbonyl (C=O) groups is 1. The molecule has 0 spiro atoms. The van der Waals surface area contributed by atoms with Crippen LogP contribution in [0.4, 0.5) is 4.39 Å². The molecule has 2 aliphatic rings. The standard InChI is InChI=1S/C19H18ClFN2O2/c1-11(24)22-8-12-4-14(10-22)18-5-13(6-19(25)23(18)9-12)16-3-2-15(20)7-17(16)21/h2-3,5-7,12,14H,4,8-10H2,1H3/t12-,14+/m0/s1. The van der Waals surface area contributed by atoms with Crippen LogP contribution in [0.25, 0.3) is 11.1 Å². The molecule has 0 unspecified atom stereocenters. The molecule has 0 saturated carbocycles. The summed E-state index contributed by atoms with van der Waals surface area (Å²) in [7, 11) is 0. The Bertz CT molecular complexity index is 924. The van der Waals surface area contributed by atoms with Crippen LogP contribution in [0.1, 0.15) is 25.0 Å². The average Bonchev–Trinajstić information content (AvgIpc) is 2.55. The van der Waals surface area contributed by atoms with Crippen LogP contribution in [0.5, 0.6) is 0 Å². The summed E-state index contributed by atoms with van der Waals surface area (Å²) in [6, 6.07) is 7.84. The van der Waals surface area contributed by atoms with Crippen molar-refractivity contribution in [3.63, 3.8) is 0 Å². The van der Waals surface area contributed by atoms with Gasteiger partial charge in [0.25, 0.3) is 5.56 Å². The number of halogens is 2.